The maximum atomic E-state index is 12.9. The number of carboxylic acids is 1. The monoisotopic (exact) mass is 1100 g/mol. The molecule has 0 heterocycles. The third-order valence-electron chi connectivity index (χ3n) is 13.8. The highest BCUT2D eigenvalue weighted by Gasteiger charge is 2.25. The standard InChI is InChI=1S/C70H121NO8/c1-6-8-10-12-14-16-18-20-21-22-23-24-25-26-27-28-29-30-31-32-33-34-35-36-37-38-39-40-41-42-43-44-45-46-47-49-51-53-55-57-59-61-68(73)79-66(65-78-70(69(74)75)76-63-62-71(3,4)5)64-77-67(72)60-58-56-54-52-50-48-19-17-15-13-11-9-7-2/h8,10-11,13-14,16-17,19-21,23-24,26-27,29-30,66,70H,6-7,9,12,15,18,22,25,28,31-65H2,1-5H3/p+1/b10-8-,13-11-,16-14-,19-17-,21-20-,24-23-,27-26-,30-29-. The van der Waals surface area contributed by atoms with Crippen LogP contribution >= 0.6 is 0 Å². The third kappa shape index (κ3) is 61.7. The van der Waals surface area contributed by atoms with Crippen molar-refractivity contribution in [3.05, 3.63) is 97.2 Å². The van der Waals surface area contributed by atoms with Gasteiger partial charge in [-0.2, -0.15) is 0 Å². The lowest BCUT2D eigenvalue weighted by Gasteiger charge is -2.25. The molecule has 0 aliphatic rings. The van der Waals surface area contributed by atoms with Crippen LogP contribution in [0.15, 0.2) is 97.2 Å². The average molecular weight is 1110 g/mol. The highest BCUT2D eigenvalue weighted by atomic mass is 16.7. The smallest absolute Gasteiger partial charge is 0.361 e. The van der Waals surface area contributed by atoms with Crippen molar-refractivity contribution in [2.24, 2.45) is 0 Å². The second kappa shape index (κ2) is 60.3. The Morgan fingerprint density at radius 1 is 0.392 bits per heavy atom. The fourth-order valence-electron chi connectivity index (χ4n) is 8.88. The Labute approximate surface area is 486 Å². The summed E-state index contributed by atoms with van der Waals surface area (Å²) in [6, 6.07) is 0. The van der Waals surface area contributed by atoms with Crippen LogP contribution in [-0.4, -0.2) is 87.4 Å². The molecule has 1 N–H and O–H groups in total. The number of hydrogen-bond acceptors (Lipinski definition) is 7. The predicted molar refractivity (Wildman–Crippen MR) is 336 cm³/mol. The molecule has 0 spiro atoms. The van der Waals surface area contributed by atoms with Crippen molar-refractivity contribution in [3.63, 3.8) is 0 Å². The van der Waals surface area contributed by atoms with E-state index < -0.39 is 24.3 Å². The molecule has 0 aliphatic carbocycles. The van der Waals surface area contributed by atoms with Gasteiger partial charge in [0.1, 0.15) is 13.2 Å². The largest absolute Gasteiger partial charge is 0.477 e. The van der Waals surface area contributed by atoms with E-state index in [-0.39, 0.29) is 38.6 Å². The molecule has 9 nitrogen and oxygen atoms in total. The van der Waals surface area contributed by atoms with Gasteiger partial charge in [0.15, 0.2) is 6.10 Å². The van der Waals surface area contributed by atoms with Gasteiger partial charge < -0.3 is 28.5 Å². The number of quaternary nitrogens is 1. The second-order valence-corrected chi connectivity index (χ2v) is 22.7. The molecule has 0 aromatic carbocycles. The number of carboxylic acid groups (broad SMARTS) is 1. The van der Waals surface area contributed by atoms with Crippen LogP contribution < -0.4 is 0 Å². The molecule has 0 aromatic heterocycles. The summed E-state index contributed by atoms with van der Waals surface area (Å²) in [4.78, 5) is 37.4. The molecular formula is C70H122NO8+. The van der Waals surface area contributed by atoms with Gasteiger partial charge in [0, 0.05) is 12.8 Å². The van der Waals surface area contributed by atoms with E-state index in [2.05, 4.69) is 111 Å². The molecule has 2 atom stereocenters. The number of carbonyl (C=O) groups is 3. The number of allylic oxidation sites excluding steroid dienone is 16. The topological polar surface area (TPSA) is 108 Å². The molecule has 2 unspecified atom stereocenters. The number of aliphatic carboxylic acids is 1. The summed E-state index contributed by atoms with van der Waals surface area (Å²) in [7, 11) is 5.96. The van der Waals surface area contributed by atoms with Crippen molar-refractivity contribution < 1.29 is 42.9 Å². The van der Waals surface area contributed by atoms with Gasteiger partial charge in [0.2, 0.25) is 0 Å². The Kier molecular flexibility index (Phi) is 57.4. The van der Waals surface area contributed by atoms with Crippen molar-refractivity contribution in [2.75, 3.05) is 47.5 Å². The lowest BCUT2D eigenvalue weighted by atomic mass is 10.0. The number of unbranched alkanes of at least 4 members (excludes halogenated alkanes) is 28. The molecule has 0 rings (SSSR count). The number of esters is 2. The molecule has 0 saturated carbocycles. The van der Waals surface area contributed by atoms with Crippen LogP contribution in [0, 0.1) is 0 Å². The van der Waals surface area contributed by atoms with Crippen LogP contribution in [0.2, 0.25) is 0 Å². The van der Waals surface area contributed by atoms with Crippen molar-refractivity contribution in [3.8, 4) is 0 Å². The zero-order chi connectivity index (χ0) is 57.6. The first kappa shape index (κ1) is 75.2. The summed E-state index contributed by atoms with van der Waals surface area (Å²) in [5.41, 5.74) is 0. The third-order valence-corrected chi connectivity index (χ3v) is 13.8. The van der Waals surface area contributed by atoms with Gasteiger partial charge in [0.25, 0.3) is 6.29 Å². The maximum Gasteiger partial charge on any atom is 0.361 e. The molecule has 0 fully saturated rings. The number of rotatable bonds is 59. The molecule has 0 aliphatic heterocycles. The van der Waals surface area contributed by atoms with Crippen molar-refractivity contribution in [1.82, 2.24) is 0 Å². The van der Waals surface area contributed by atoms with Crippen LogP contribution in [0.3, 0.4) is 0 Å². The first-order valence-electron chi connectivity index (χ1n) is 32.4. The number of hydrogen-bond donors (Lipinski definition) is 1. The van der Waals surface area contributed by atoms with Crippen molar-refractivity contribution in [2.45, 2.75) is 283 Å². The Morgan fingerprint density at radius 3 is 1.08 bits per heavy atom. The van der Waals surface area contributed by atoms with E-state index in [1.807, 2.05) is 21.1 Å². The predicted octanol–water partition coefficient (Wildman–Crippen LogP) is 19.7. The average Bonchev–Trinajstić information content (AvgIpc) is 3.42. The molecule has 0 saturated heterocycles. The van der Waals surface area contributed by atoms with Gasteiger partial charge in [-0.25, -0.2) is 4.79 Å². The Bertz CT molecular complexity index is 1620. The quantitative estimate of drug-likeness (QED) is 0.0211. The molecule has 9 heteroatoms. The van der Waals surface area contributed by atoms with Gasteiger partial charge >= 0.3 is 17.9 Å². The zero-order valence-electron chi connectivity index (χ0n) is 51.8. The maximum absolute atomic E-state index is 12.9. The minimum atomic E-state index is -1.51. The van der Waals surface area contributed by atoms with E-state index >= 15 is 0 Å². The minimum absolute atomic E-state index is 0.184. The highest BCUT2D eigenvalue weighted by Crippen LogP contribution is 2.17. The van der Waals surface area contributed by atoms with Crippen molar-refractivity contribution in [1.29, 1.82) is 0 Å². The van der Waals surface area contributed by atoms with Gasteiger partial charge in [-0.05, 0) is 89.9 Å². The Balaban J connectivity index is 3.95. The van der Waals surface area contributed by atoms with Crippen molar-refractivity contribution >= 4 is 17.9 Å². The molecule has 0 amide bonds. The van der Waals surface area contributed by atoms with Crippen LogP contribution in [-0.2, 0) is 33.3 Å². The van der Waals surface area contributed by atoms with Gasteiger partial charge in [-0.1, -0.05) is 265 Å². The second-order valence-electron chi connectivity index (χ2n) is 22.7. The summed E-state index contributed by atoms with van der Waals surface area (Å²) < 4.78 is 22.9. The summed E-state index contributed by atoms with van der Waals surface area (Å²) >= 11 is 0. The molecule has 0 aromatic rings. The number of nitrogens with zero attached hydrogens (tertiary/aromatic N) is 1. The van der Waals surface area contributed by atoms with Gasteiger partial charge in [-0.15, -0.1) is 0 Å². The van der Waals surface area contributed by atoms with E-state index in [4.69, 9.17) is 18.9 Å². The molecular weight excluding hydrogens is 983 g/mol. The van der Waals surface area contributed by atoms with E-state index in [1.165, 1.54) is 135 Å². The first-order valence-corrected chi connectivity index (χ1v) is 32.4. The Hall–Kier alpha value is -3.79. The van der Waals surface area contributed by atoms with E-state index in [0.717, 1.165) is 109 Å². The van der Waals surface area contributed by atoms with Crippen LogP contribution in [0.25, 0.3) is 0 Å². The normalized spacial score (nSPS) is 13.4. The van der Waals surface area contributed by atoms with Crippen LogP contribution in [0.1, 0.15) is 271 Å². The van der Waals surface area contributed by atoms with Gasteiger partial charge in [-0.3, -0.25) is 9.59 Å². The van der Waals surface area contributed by atoms with E-state index in [0.29, 0.717) is 11.0 Å². The summed E-state index contributed by atoms with van der Waals surface area (Å²) in [5.74, 6) is -2.02. The highest BCUT2D eigenvalue weighted by molar-refractivity contribution is 5.71. The molecule has 0 bridgehead atoms. The first-order chi connectivity index (χ1) is 38.6. The minimum Gasteiger partial charge on any atom is -0.477 e. The van der Waals surface area contributed by atoms with Crippen LogP contribution in [0.5, 0.6) is 0 Å². The SMILES string of the molecule is CC/C=C\C/C=C\C/C=C\C/C=C\C/C=C\C/C=C\CCCCCCCCCCCCCCCCCCCCCCCCC(=O)OC(COC(=O)CCCCCCC/C=C\C/C=C\CCC)COC(OCC[N+](C)(C)C)C(=O)O. The van der Waals surface area contributed by atoms with E-state index in [1.54, 1.807) is 0 Å². The fourth-order valence-corrected chi connectivity index (χ4v) is 8.88. The number of ether oxygens (including phenoxy) is 4. The van der Waals surface area contributed by atoms with E-state index in [9.17, 15) is 19.5 Å². The fraction of sp³-hybridized carbons (Fsp3) is 0.729. The zero-order valence-corrected chi connectivity index (χ0v) is 51.8. The summed E-state index contributed by atoms with van der Waals surface area (Å²) in [5, 5.41) is 9.70. The lowest BCUT2D eigenvalue weighted by molar-refractivity contribution is -0.870. The van der Waals surface area contributed by atoms with Gasteiger partial charge in [0.05, 0.1) is 34.4 Å². The molecule has 0 radical (unpaired) electrons. The Morgan fingerprint density at radius 2 is 0.722 bits per heavy atom. The summed E-state index contributed by atoms with van der Waals surface area (Å²) in [6.07, 6.45) is 79.6. The lowest BCUT2D eigenvalue weighted by Crippen LogP contribution is -2.40. The summed E-state index contributed by atoms with van der Waals surface area (Å²) in [6.45, 7) is 4.69. The number of likely N-dealkylation sites (N-methyl/N-ethyl adjacent to an activating group) is 1. The number of carbonyl (C=O) groups excluding carboxylic acids is 2. The molecule has 454 valence electrons. The molecule has 79 heavy (non-hydrogen) atoms. The van der Waals surface area contributed by atoms with Crippen LogP contribution in [0.4, 0.5) is 0 Å².